The molecule has 2 heterocycles. The molecule has 0 spiro atoms. The van der Waals surface area contributed by atoms with Crippen LogP contribution in [0.25, 0.3) is 0 Å². The zero-order chi connectivity index (χ0) is 11.5. The Labute approximate surface area is 94.5 Å². The highest BCUT2D eigenvalue weighted by Crippen LogP contribution is 2.14. The second-order valence-corrected chi connectivity index (χ2v) is 4.21. The molecule has 0 radical (unpaired) electrons. The van der Waals surface area contributed by atoms with E-state index < -0.39 is 0 Å². The summed E-state index contributed by atoms with van der Waals surface area (Å²) in [5, 5.41) is 9.05. The van der Waals surface area contributed by atoms with Crippen molar-refractivity contribution in [1.82, 2.24) is 4.57 Å². The molecule has 0 amide bonds. The predicted molar refractivity (Wildman–Crippen MR) is 60.3 cm³/mol. The van der Waals surface area contributed by atoms with Gasteiger partial charge in [-0.25, -0.2) is 0 Å². The second kappa shape index (κ2) is 4.80. The summed E-state index contributed by atoms with van der Waals surface area (Å²) in [7, 11) is 0. The minimum absolute atomic E-state index is 0.0991. The van der Waals surface area contributed by atoms with Crippen molar-refractivity contribution in [3.8, 4) is 0 Å². The molecule has 1 fully saturated rings. The Morgan fingerprint density at radius 2 is 2.38 bits per heavy atom. The van der Waals surface area contributed by atoms with E-state index in [4.69, 9.17) is 9.84 Å². The van der Waals surface area contributed by atoms with E-state index >= 15 is 0 Å². The molecule has 0 aromatic carbocycles. The molecule has 1 aromatic rings. The van der Waals surface area contributed by atoms with E-state index in [9.17, 15) is 4.79 Å². The van der Waals surface area contributed by atoms with Crippen LogP contribution >= 0.6 is 0 Å². The van der Waals surface area contributed by atoms with Crippen LogP contribution in [0.1, 0.15) is 24.1 Å². The van der Waals surface area contributed by atoms with Gasteiger partial charge in [0.1, 0.15) is 0 Å². The molecule has 1 unspecified atom stereocenters. The fourth-order valence-electron chi connectivity index (χ4n) is 2.06. The van der Waals surface area contributed by atoms with Crippen molar-refractivity contribution in [2.24, 2.45) is 0 Å². The maximum atomic E-state index is 12.0. The summed E-state index contributed by atoms with van der Waals surface area (Å²) in [5.74, 6) is 0. The van der Waals surface area contributed by atoms with Crippen molar-refractivity contribution in [2.45, 2.75) is 39.0 Å². The molecule has 88 valence electrons. The van der Waals surface area contributed by atoms with Crippen molar-refractivity contribution in [3.05, 3.63) is 33.7 Å². The molecule has 1 aliphatic heterocycles. The first kappa shape index (κ1) is 11.4. The Morgan fingerprint density at radius 3 is 3.00 bits per heavy atom. The van der Waals surface area contributed by atoms with Crippen LogP contribution in [0.5, 0.6) is 0 Å². The topological polar surface area (TPSA) is 51.5 Å². The minimum Gasteiger partial charge on any atom is -0.391 e. The number of rotatable bonds is 3. The van der Waals surface area contributed by atoms with E-state index in [1.807, 2.05) is 13.0 Å². The SMILES string of the molecule is Cc1ccc(CO)c(=O)n1CC1CCCO1. The third kappa shape index (κ3) is 2.18. The normalized spacial score (nSPS) is 20.2. The largest absolute Gasteiger partial charge is 0.391 e. The van der Waals surface area contributed by atoms with Gasteiger partial charge in [0.2, 0.25) is 0 Å². The predicted octanol–water partition coefficient (Wildman–Crippen LogP) is 0.828. The van der Waals surface area contributed by atoms with E-state index in [1.54, 1.807) is 10.6 Å². The Morgan fingerprint density at radius 1 is 1.56 bits per heavy atom. The maximum Gasteiger partial charge on any atom is 0.256 e. The molecular formula is C12H17NO3. The number of hydrogen-bond donors (Lipinski definition) is 1. The third-order valence-electron chi connectivity index (χ3n) is 3.05. The van der Waals surface area contributed by atoms with Crippen LogP contribution in [0.3, 0.4) is 0 Å². The highest BCUT2D eigenvalue weighted by molar-refractivity contribution is 5.14. The van der Waals surface area contributed by atoms with Gasteiger partial charge in [-0.3, -0.25) is 4.79 Å². The maximum absolute atomic E-state index is 12.0. The van der Waals surface area contributed by atoms with Gasteiger partial charge in [0.05, 0.1) is 19.3 Å². The summed E-state index contributed by atoms with van der Waals surface area (Å²) in [5.41, 5.74) is 1.26. The zero-order valence-electron chi connectivity index (χ0n) is 9.48. The van der Waals surface area contributed by atoms with Crippen molar-refractivity contribution in [1.29, 1.82) is 0 Å². The lowest BCUT2D eigenvalue weighted by Crippen LogP contribution is -2.30. The molecule has 1 atom stereocenters. The molecule has 1 aliphatic rings. The lowest BCUT2D eigenvalue weighted by atomic mass is 10.2. The standard InChI is InChI=1S/C12H17NO3/c1-9-4-5-10(8-14)12(15)13(9)7-11-3-2-6-16-11/h4-5,11,14H,2-3,6-8H2,1H3. The molecule has 2 rings (SSSR count). The average Bonchev–Trinajstić information content (AvgIpc) is 2.77. The summed E-state index contributed by atoms with van der Waals surface area (Å²) < 4.78 is 7.21. The van der Waals surface area contributed by atoms with E-state index in [-0.39, 0.29) is 18.3 Å². The van der Waals surface area contributed by atoms with Crippen LogP contribution in [0.4, 0.5) is 0 Å². The van der Waals surface area contributed by atoms with Crippen molar-refractivity contribution in [3.63, 3.8) is 0 Å². The monoisotopic (exact) mass is 223 g/mol. The van der Waals surface area contributed by atoms with Crippen LogP contribution in [-0.4, -0.2) is 22.4 Å². The van der Waals surface area contributed by atoms with Crippen LogP contribution in [0.15, 0.2) is 16.9 Å². The fourth-order valence-corrected chi connectivity index (χ4v) is 2.06. The fraction of sp³-hybridized carbons (Fsp3) is 0.583. The van der Waals surface area contributed by atoms with E-state index in [1.165, 1.54) is 0 Å². The van der Waals surface area contributed by atoms with Gasteiger partial charge in [-0.05, 0) is 31.9 Å². The van der Waals surface area contributed by atoms with Gasteiger partial charge in [0, 0.05) is 17.9 Å². The average molecular weight is 223 g/mol. The molecule has 0 aliphatic carbocycles. The third-order valence-corrected chi connectivity index (χ3v) is 3.05. The molecule has 1 N–H and O–H groups in total. The molecular weight excluding hydrogens is 206 g/mol. The Bertz CT molecular complexity index is 419. The van der Waals surface area contributed by atoms with Crippen molar-refractivity contribution >= 4 is 0 Å². The van der Waals surface area contributed by atoms with Gasteiger partial charge in [0.15, 0.2) is 0 Å². The number of aromatic nitrogens is 1. The van der Waals surface area contributed by atoms with Crippen LogP contribution in [0, 0.1) is 6.92 Å². The van der Waals surface area contributed by atoms with Crippen LogP contribution in [0.2, 0.25) is 0 Å². The van der Waals surface area contributed by atoms with Crippen molar-refractivity contribution in [2.75, 3.05) is 6.61 Å². The smallest absolute Gasteiger partial charge is 0.256 e. The van der Waals surface area contributed by atoms with Gasteiger partial charge in [-0.1, -0.05) is 0 Å². The molecule has 0 bridgehead atoms. The van der Waals surface area contributed by atoms with Crippen molar-refractivity contribution < 1.29 is 9.84 Å². The first-order chi connectivity index (χ1) is 7.72. The van der Waals surface area contributed by atoms with Gasteiger partial charge < -0.3 is 14.4 Å². The first-order valence-electron chi connectivity index (χ1n) is 5.64. The van der Waals surface area contributed by atoms with Crippen LogP contribution < -0.4 is 5.56 Å². The van der Waals surface area contributed by atoms with Crippen LogP contribution in [-0.2, 0) is 17.9 Å². The van der Waals surface area contributed by atoms with E-state index in [0.717, 1.165) is 25.1 Å². The van der Waals surface area contributed by atoms with Gasteiger partial charge >= 0.3 is 0 Å². The minimum atomic E-state index is -0.204. The summed E-state index contributed by atoms with van der Waals surface area (Å²) in [4.78, 5) is 12.0. The lowest BCUT2D eigenvalue weighted by molar-refractivity contribution is 0.0954. The zero-order valence-corrected chi connectivity index (χ0v) is 9.48. The number of aryl methyl sites for hydroxylation is 1. The second-order valence-electron chi connectivity index (χ2n) is 4.21. The number of aliphatic hydroxyl groups is 1. The summed E-state index contributed by atoms with van der Waals surface area (Å²) in [6.07, 6.45) is 2.22. The number of nitrogens with zero attached hydrogens (tertiary/aromatic N) is 1. The number of pyridine rings is 1. The summed E-state index contributed by atoms with van der Waals surface area (Å²) >= 11 is 0. The quantitative estimate of drug-likeness (QED) is 0.825. The number of aliphatic hydroxyl groups excluding tert-OH is 1. The molecule has 1 aromatic heterocycles. The Kier molecular flexibility index (Phi) is 3.41. The molecule has 16 heavy (non-hydrogen) atoms. The highest BCUT2D eigenvalue weighted by atomic mass is 16.5. The molecule has 1 saturated heterocycles. The molecule has 0 saturated carbocycles. The first-order valence-corrected chi connectivity index (χ1v) is 5.64. The number of hydrogen-bond acceptors (Lipinski definition) is 3. The van der Waals surface area contributed by atoms with Gasteiger partial charge in [0.25, 0.3) is 5.56 Å². The lowest BCUT2D eigenvalue weighted by Gasteiger charge is -2.15. The van der Waals surface area contributed by atoms with Gasteiger partial charge in [-0.15, -0.1) is 0 Å². The van der Waals surface area contributed by atoms with E-state index in [2.05, 4.69) is 0 Å². The molecule has 4 nitrogen and oxygen atoms in total. The van der Waals surface area contributed by atoms with Gasteiger partial charge in [-0.2, -0.15) is 0 Å². The number of ether oxygens (including phenoxy) is 1. The van der Waals surface area contributed by atoms with E-state index in [0.29, 0.717) is 12.1 Å². The summed E-state index contributed by atoms with van der Waals surface area (Å²) in [6.45, 7) is 3.08. The molecule has 4 heteroatoms. The highest BCUT2D eigenvalue weighted by Gasteiger charge is 2.17. The summed E-state index contributed by atoms with van der Waals surface area (Å²) in [6, 6.07) is 3.55. The Hall–Kier alpha value is -1.13. The Balaban J connectivity index is 2.27.